The Hall–Kier alpha value is -2.16. The average molecular weight is 415 g/mol. The van der Waals surface area contributed by atoms with E-state index in [0.717, 1.165) is 39.2 Å². The molecule has 3 aromatic rings. The Bertz CT molecular complexity index is 980. The average Bonchev–Trinajstić information content (AvgIpc) is 3.10. The molecule has 0 spiro atoms. The van der Waals surface area contributed by atoms with Gasteiger partial charge in [0.1, 0.15) is 5.82 Å². The smallest absolute Gasteiger partial charge is 0.257 e. The number of thioether (sulfide) groups is 1. The molecule has 1 saturated heterocycles. The summed E-state index contributed by atoms with van der Waals surface area (Å²) in [7, 11) is 0. The molecule has 28 heavy (non-hydrogen) atoms. The number of amides is 1. The number of pyridine rings is 1. The quantitative estimate of drug-likeness (QED) is 0.643. The van der Waals surface area contributed by atoms with Crippen molar-refractivity contribution in [3.8, 4) is 0 Å². The Balaban J connectivity index is 1.46. The maximum atomic E-state index is 12.6. The fourth-order valence-electron chi connectivity index (χ4n) is 3.34. The first-order valence-corrected chi connectivity index (χ1v) is 11.2. The van der Waals surface area contributed by atoms with Crippen LogP contribution in [0.2, 0.25) is 0 Å². The number of thiazole rings is 1. The lowest BCUT2D eigenvalue weighted by Gasteiger charge is -2.36. The third-order valence-electron chi connectivity index (χ3n) is 4.55. The van der Waals surface area contributed by atoms with Crippen molar-refractivity contribution >= 4 is 50.7 Å². The normalized spacial score (nSPS) is 19.8. The van der Waals surface area contributed by atoms with Crippen molar-refractivity contribution in [3.05, 3.63) is 42.1 Å². The summed E-state index contributed by atoms with van der Waals surface area (Å²) in [5, 5.41) is 2.95. The predicted octanol–water partition coefficient (Wildman–Crippen LogP) is 4.28. The third-order valence-corrected chi connectivity index (χ3v) is 6.56. The maximum absolute atomic E-state index is 12.6. The number of morpholine rings is 1. The van der Waals surface area contributed by atoms with Crippen LogP contribution < -0.4 is 10.2 Å². The Morgan fingerprint density at radius 2 is 2.04 bits per heavy atom. The monoisotopic (exact) mass is 414 g/mol. The van der Waals surface area contributed by atoms with Gasteiger partial charge >= 0.3 is 0 Å². The van der Waals surface area contributed by atoms with Gasteiger partial charge in [-0.15, -0.1) is 11.3 Å². The summed E-state index contributed by atoms with van der Waals surface area (Å²) in [5.41, 5.74) is 2.24. The molecular formula is C20H22N4O2S2. The molecule has 3 heterocycles. The minimum Gasteiger partial charge on any atom is -0.372 e. The van der Waals surface area contributed by atoms with Gasteiger partial charge in [-0.2, -0.15) is 0 Å². The van der Waals surface area contributed by atoms with Crippen LogP contribution in [0.3, 0.4) is 0 Å². The first-order valence-electron chi connectivity index (χ1n) is 9.14. The van der Waals surface area contributed by atoms with Gasteiger partial charge < -0.3 is 15.0 Å². The van der Waals surface area contributed by atoms with E-state index in [0.29, 0.717) is 5.56 Å². The van der Waals surface area contributed by atoms with Crippen molar-refractivity contribution in [1.29, 1.82) is 0 Å². The Labute approximate surface area is 172 Å². The molecule has 0 aliphatic carbocycles. The van der Waals surface area contributed by atoms with E-state index >= 15 is 0 Å². The lowest BCUT2D eigenvalue weighted by atomic mass is 10.2. The summed E-state index contributed by atoms with van der Waals surface area (Å²) in [6, 6.07) is 9.49. The highest BCUT2D eigenvalue weighted by molar-refractivity contribution is 8.00. The summed E-state index contributed by atoms with van der Waals surface area (Å²) in [5.74, 6) is 0.700. The number of nitrogens with one attached hydrogen (secondary N) is 1. The van der Waals surface area contributed by atoms with Crippen LogP contribution in [0.1, 0.15) is 24.2 Å². The summed E-state index contributed by atoms with van der Waals surface area (Å²) in [4.78, 5) is 23.8. The minimum absolute atomic E-state index is 0.168. The van der Waals surface area contributed by atoms with Crippen molar-refractivity contribution in [3.63, 3.8) is 0 Å². The highest BCUT2D eigenvalue weighted by Crippen LogP contribution is 2.30. The molecule has 4 rings (SSSR count). The van der Waals surface area contributed by atoms with Crippen LogP contribution in [-0.4, -0.2) is 47.4 Å². The summed E-state index contributed by atoms with van der Waals surface area (Å²) >= 11 is 3.25. The number of benzene rings is 1. The van der Waals surface area contributed by atoms with Gasteiger partial charge in [-0.25, -0.2) is 9.97 Å². The van der Waals surface area contributed by atoms with E-state index in [1.54, 1.807) is 29.3 Å². The van der Waals surface area contributed by atoms with Gasteiger partial charge in [0.25, 0.3) is 5.91 Å². The van der Waals surface area contributed by atoms with Gasteiger partial charge in [0.05, 0.1) is 28.0 Å². The number of anilines is 2. The van der Waals surface area contributed by atoms with Crippen LogP contribution in [0.15, 0.2) is 40.9 Å². The molecule has 2 atom stereocenters. The van der Waals surface area contributed by atoms with Gasteiger partial charge in [-0.3, -0.25) is 4.79 Å². The fraction of sp³-hybridized carbons (Fsp3) is 0.350. The molecule has 0 bridgehead atoms. The number of nitrogens with zero attached hydrogens (tertiary/aromatic N) is 3. The summed E-state index contributed by atoms with van der Waals surface area (Å²) in [6.45, 7) is 5.73. The summed E-state index contributed by atoms with van der Waals surface area (Å²) in [6.07, 6.45) is 3.98. The second-order valence-electron chi connectivity index (χ2n) is 6.89. The summed E-state index contributed by atoms with van der Waals surface area (Å²) < 4.78 is 7.85. The van der Waals surface area contributed by atoms with Crippen LogP contribution in [0.5, 0.6) is 0 Å². The van der Waals surface area contributed by atoms with Gasteiger partial charge in [0.15, 0.2) is 4.34 Å². The van der Waals surface area contributed by atoms with Crippen molar-refractivity contribution in [2.24, 2.45) is 0 Å². The lowest BCUT2D eigenvalue weighted by Crippen LogP contribution is -2.45. The molecule has 1 N–H and O–H groups in total. The zero-order chi connectivity index (χ0) is 19.7. The molecule has 1 aromatic carbocycles. The second kappa shape index (κ2) is 8.06. The van der Waals surface area contributed by atoms with Crippen LogP contribution >= 0.6 is 23.1 Å². The molecule has 8 heteroatoms. The van der Waals surface area contributed by atoms with E-state index in [4.69, 9.17) is 4.74 Å². The van der Waals surface area contributed by atoms with Crippen LogP contribution in [0, 0.1) is 0 Å². The van der Waals surface area contributed by atoms with Gasteiger partial charge in [0, 0.05) is 25.0 Å². The predicted molar refractivity (Wildman–Crippen MR) is 116 cm³/mol. The minimum atomic E-state index is -0.170. The van der Waals surface area contributed by atoms with Crippen molar-refractivity contribution in [2.75, 3.05) is 29.6 Å². The molecule has 0 radical (unpaired) electrons. The number of rotatable bonds is 4. The molecule has 1 aliphatic heterocycles. The number of fused-ring (bicyclic) bond motifs is 1. The number of hydrogen-bond donors (Lipinski definition) is 1. The zero-order valence-corrected chi connectivity index (χ0v) is 17.6. The lowest BCUT2D eigenvalue weighted by molar-refractivity contribution is -0.00546. The molecular weight excluding hydrogens is 392 g/mol. The third kappa shape index (κ3) is 4.14. The van der Waals surface area contributed by atoms with E-state index < -0.39 is 0 Å². The first-order chi connectivity index (χ1) is 13.5. The van der Waals surface area contributed by atoms with Gasteiger partial charge in [0.2, 0.25) is 0 Å². The molecule has 1 aliphatic rings. The number of ether oxygens (including phenoxy) is 1. The van der Waals surface area contributed by atoms with Gasteiger partial charge in [-0.05, 0) is 50.4 Å². The van der Waals surface area contributed by atoms with Crippen LogP contribution in [-0.2, 0) is 4.74 Å². The number of hydrogen-bond acceptors (Lipinski definition) is 7. The SMILES string of the molecule is CSc1nc2ccc(NC(=O)c3ccc(N4CC(C)OC(C)C4)nc3)cc2s1. The molecule has 1 amide bonds. The highest BCUT2D eigenvalue weighted by Gasteiger charge is 2.23. The van der Waals surface area contributed by atoms with E-state index in [1.807, 2.05) is 36.6 Å². The van der Waals surface area contributed by atoms with E-state index in [9.17, 15) is 4.79 Å². The zero-order valence-electron chi connectivity index (χ0n) is 16.0. The van der Waals surface area contributed by atoms with Gasteiger partial charge in [-0.1, -0.05) is 11.8 Å². The van der Waals surface area contributed by atoms with Crippen molar-refractivity contribution in [1.82, 2.24) is 9.97 Å². The molecule has 146 valence electrons. The second-order valence-corrected chi connectivity index (χ2v) is 8.97. The highest BCUT2D eigenvalue weighted by atomic mass is 32.2. The van der Waals surface area contributed by atoms with E-state index in [-0.39, 0.29) is 18.1 Å². The molecule has 2 unspecified atom stereocenters. The molecule has 1 fully saturated rings. The topological polar surface area (TPSA) is 67.4 Å². The molecule has 6 nitrogen and oxygen atoms in total. The largest absolute Gasteiger partial charge is 0.372 e. The maximum Gasteiger partial charge on any atom is 0.257 e. The van der Waals surface area contributed by atoms with Crippen LogP contribution in [0.25, 0.3) is 10.2 Å². The molecule has 0 saturated carbocycles. The Morgan fingerprint density at radius 1 is 1.25 bits per heavy atom. The van der Waals surface area contributed by atoms with E-state index in [1.165, 1.54) is 0 Å². The van der Waals surface area contributed by atoms with Crippen molar-refractivity contribution in [2.45, 2.75) is 30.4 Å². The number of carbonyl (C=O) groups is 1. The standard InChI is InChI=1S/C20H22N4O2S2/c1-12-10-24(11-13(2)26-12)18-7-4-14(9-21-18)19(25)22-15-5-6-16-17(8-15)28-20(23-16)27-3/h4-9,12-13H,10-11H2,1-3H3,(H,22,25). The number of carbonyl (C=O) groups excluding carboxylic acids is 1. The first kappa shape index (κ1) is 19.2. The number of aromatic nitrogens is 2. The fourth-order valence-corrected chi connectivity index (χ4v) is 4.87. The van der Waals surface area contributed by atoms with E-state index in [2.05, 4.69) is 34.0 Å². The van der Waals surface area contributed by atoms with Crippen molar-refractivity contribution < 1.29 is 9.53 Å². The Morgan fingerprint density at radius 3 is 2.71 bits per heavy atom. The van der Waals surface area contributed by atoms with Crippen LogP contribution in [0.4, 0.5) is 11.5 Å². The molecule has 2 aromatic heterocycles. The Kier molecular flexibility index (Phi) is 5.52.